The van der Waals surface area contributed by atoms with Crippen LogP contribution >= 0.6 is 0 Å². The summed E-state index contributed by atoms with van der Waals surface area (Å²) in [6.07, 6.45) is 9.23. The van der Waals surface area contributed by atoms with Gasteiger partial charge in [0, 0.05) is 18.5 Å². The molecule has 0 aromatic heterocycles. The average molecular weight is 316 g/mol. The first-order chi connectivity index (χ1) is 11.1. The van der Waals surface area contributed by atoms with E-state index in [4.69, 9.17) is 5.21 Å². The Morgan fingerprint density at radius 2 is 1.91 bits per heavy atom. The van der Waals surface area contributed by atoms with Crippen LogP contribution in [0.15, 0.2) is 48.6 Å². The number of amides is 2. The Morgan fingerprint density at radius 3 is 2.61 bits per heavy atom. The van der Waals surface area contributed by atoms with Crippen molar-refractivity contribution >= 4 is 17.9 Å². The number of benzene rings is 1. The molecule has 3 N–H and O–H groups in total. The van der Waals surface area contributed by atoms with Crippen molar-refractivity contribution in [3.05, 3.63) is 54.1 Å². The van der Waals surface area contributed by atoms with E-state index in [0.29, 0.717) is 13.0 Å². The topological polar surface area (TPSA) is 78.4 Å². The minimum Gasteiger partial charge on any atom is -0.353 e. The summed E-state index contributed by atoms with van der Waals surface area (Å²) in [6.45, 7) is 2.32. The van der Waals surface area contributed by atoms with Crippen molar-refractivity contribution in [2.45, 2.75) is 26.2 Å². The highest BCUT2D eigenvalue weighted by Gasteiger charge is 2.10. The maximum Gasteiger partial charge on any atom is 0.246 e. The summed E-state index contributed by atoms with van der Waals surface area (Å²) in [4.78, 5) is 22.7. The summed E-state index contributed by atoms with van der Waals surface area (Å²) < 4.78 is 0. The normalized spacial score (nSPS) is 12.4. The molecule has 1 aromatic carbocycles. The van der Waals surface area contributed by atoms with Crippen LogP contribution in [-0.4, -0.2) is 23.6 Å². The molecule has 1 aromatic rings. The lowest BCUT2D eigenvalue weighted by atomic mass is 10.0. The number of carbonyl (C=O) groups excluding carboxylic acids is 2. The van der Waals surface area contributed by atoms with Crippen molar-refractivity contribution < 1.29 is 14.8 Å². The zero-order chi connectivity index (χ0) is 16.9. The molecule has 2 amide bonds. The summed E-state index contributed by atoms with van der Waals surface area (Å²) in [6, 6.07) is 9.85. The van der Waals surface area contributed by atoms with Gasteiger partial charge in [0.25, 0.3) is 0 Å². The van der Waals surface area contributed by atoms with Crippen molar-refractivity contribution in [1.82, 2.24) is 10.8 Å². The van der Waals surface area contributed by atoms with Crippen LogP contribution in [0.25, 0.3) is 6.08 Å². The predicted octanol–water partition coefficient (Wildman–Crippen LogP) is 2.68. The van der Waals surface area contributed by atoms with E-state index in [2.05, 4.69) is 5.32 Å². The Morgan fingerprint density at radius 1 is 1.17 bits per heavy atom. The number of hydroxylamine groups is 1. The van der Waals surface area contributed by atoms with Crippen LogP contribution in [0, 0.1) is 5.92 Å². The molecule has 124 valence electrons. The minimum absolute atomic E-state index is 0.135. The zero-order valence-corrected chi connectivity index (χ0v) is 13.4. The summed E-state index contributed by atoms with van der Waals surface area (Å²) in [7, 11) is 0. The first-order valence-corrected chi connectivity index (χ1v) is 7.75. The lowest BCUT2D eigenvalue weighted by molar-refractivity contribution is -0.133. The zero-order valence-electron chi connectivity index (χ0n) is 13.4. The molecular weight excluding hydrogens is 292 g/mol. The molecule has 0 fully saturated rings. The fraction of sp³-hybridized carbons (Fsp3) is 0.333. The van der Waals surface area contributed by atoms with Crippen LogP contribution in [0.1, 0.15) is 31.7 Å². The van der Waals surface area contributed by atoms with Gasteiger partial charge >= 0.3 is 0 Å². The third-order valence-electron chi connectivity index (χ3n) is 3.37. The number of carbonyl (C=O) groups is 2. The Kier molecular flexibility index (Phi) is 9.09. The third kappa shape index (κ3) is 8.58. The summed E-state index contributed by atoms with van der Waals surface area (Å²) in [5.41, 5.74) is 2.72. The maximum absolute atomic E-state index is 11.6. The second kappa shape index (κ2) is 11.2. The Hall–Kier alpha value is -2.40. The van der Waals surface area contributed by atoms with Crippen molar-refractivity contribution in [1.29, 1.82) is 0 Å². The van der Waals surface area contributed by atoms with Gasteiger partial charge in [-0.2, -0.15) is 0 Å². The standard InChI is InChI=1S/C18H24N2O3/c1-15(18(22)20-23)9-7-8-14-19-17(21)13-6-5-12-16-10-3-2-4-11-16/h2-6,10-13,15,23H,7-9,14H2,1H3,(H,19,21)(H,20,22). The van der Waals surface area contributed by atoms with E-state index in [-0.39, 0.29) is 17.7 Å². The molecule has 0 saturated heterocycles. The lowest BCUT2D eigenvalue weighted by Gasteiger charge is -2.08. The molecule has 0 saturated carbocycles. The van der Waals surface area contributed by atoms with E-state index in [0.717, 1.165) is 18.4 Å². The van der Waals surface area contributed by atoms with E-state index >= 15 is 0 Å². The average Bonchev–Trinajstić information content (AvgIpc) is 2.58. The quantitative estimate of drug-likeness (QED) is 0.215. The highest BCUT2D eigenvalue weighted by Crippen LogP contribution is 2.07. The highest BCUT2D eigenvalue weighted by molar-refractivity contribution is 5.87. The molecule has 0 bridgehead atoms. The van der Waals surface area contributed by atoms with Gasteiger partial charge in [-0.15, -0.1) is 0 Å². The van der Waals surface area contributed by atoms with E-state index in [1.54, 1.807) is 18.5 Å². The smallest absolute Gasteiger partial charge is 0.246 e. The summed E-state index contributed by atoms with van der Waals surface area (Å²) >= 11 is 0. The van der Waals surface area contributed by atoms with Crippen LogP contribution in [0.5, 0.6) is 0 Å². The minimum atomic E-state index is -0.373. The molecule has 1 atom stereocenters. The van der Waals surface area contributed by atoms with Crippen LogP contribution in [0.4, 0.5) is 0 Å². The molecule has 23 heavy (non-hydrogen) atoms. The molecule has 5 heteroatoms. The van der Waals surface area contributed by atoms with Gasteiger partial charge in [-0.3, -0.25) is 14.8 Å². The fourth-order valence-corrected chi connectivity index (χ4v) is 1.96. The predicted molar refractivity (Wildman–Crippen MR) is 90.6 cm³/mol. The van der Waals surface area contributed by atoms with Crippen LogP contribution in [-0.2, 0) is 9.59 Å². The van der Waals surface area contributed by atoms with Gasteiger partial charge in [0.1, 0.15) is 0 Å². The number of hydrogen-bond donors (Lipinski definition) is 3. The van der Waals surface area contributed by atoms with Gasteiger partial charge in [0.2, 0.25) is 11.8 Å². The summed E-state index contributed by atoms with van der Waals surface area (Å²) in [5.74, 6) is -0.732. The molecule has 0 aliphatic heterocycles. The van der Waals surface area contributed by atoms with Crippen molar-refractivity contribution in [2.75, 3.05) is 6.54 Å². The molecule has 1 rings (SSSR count). The van der Waals surface area contributed by atoms with Gasteiger partial charge in [0.05, 0.1) is 0 Å². The number of nitrogens with one attached hydrogen (secondary N) is 2. The Labute approximate surface area is 137 Å². The fourth-order valence-electron chi connectivity index (χ4n) is 1.96. The van der Waals surface area contributed by atoms with E-state index in [9.17, 15) is 9.59 Å². The van der Waals surface area contributed by atoms with Crippen molar-refractivity contribution in [2.24, 2.45) is 5.92 Å². The summed E-state index contributed by atoms with van der Waals surface area (Å²) in [5, 5.41) is 11.3. The number of hydrogen-bond acceptors (Lipinski definition) is 3. The van der Waals surface area contributed by atoms with Crippen LogP contribution < -0.4 is 10.8 Å². The van der Waals surface area contributed by atoms with E-state index in [1.165, 1.54) is 6.08 Å². The second-order valence-corrected chi connectivity index (χ2v) is 5.29. The maximum atomic E-state index is 11.6. The number of allylic oxidation sites excluding steroid dienone is 2. The third-order valence-corrected chi connectivity index (χ3v) is 3.37. The molecule has 0 aliphatic carbocycles. The molecule has 0 heterocycles. The first-order valence-electron chi connectivity index (χ1n) is 7.75. The molecular formula is C18H24N2O3. The van der Waals surface area contributed by atoms with Crippen LogP contribution in [0.2, 0.25) is 0 Å². The largest absolute Gasteiger partial charge is 0.353 e. The van der Waals surface area contributed by atoms with Crippen LogP contribution in [0.3, 0.4) is 0 Å². The molecule has 5 nitrogen and oxygen atoms in total. The SMILES string of the molecule is CC(CCCCNC(=O)C=CC=Cc1ccccc1)C(=O)NO. The molecule has 0 radical (unpaired) electrons. The Balaban J connectivity index is 2.13. The monoisotopic (exact) mass is 316 g/mol. The first kappa shape index (κ1) is 18.6. The second-order valence-electron chi connectivity index (χ2n) is 5.29. The molecule has 0 spiro atoms. The van der Waals surface area contributed by atoms with Gasteiger partial charge in [-0.1, -0.05) is 61.9 Å². The van der Waals surface area contributed by atoms with E-state index in [1.807, 2.05) is 42.5 Å². The number of unbranched alkanes of at least 4 members (excludes halogenated alkanes) is 1. The number of rotatable bonds is 9. The van der Waals surface area contributed by atoms with Gasteiger partial charge in [-0.05, 0) is 18.4 Å². The van der Waals surface area contributed by atoms with E-state index < -0.39 is 0 Å². The highest BCUT2D eigenvalue weighted by atomic mass is 16.5. The van der Waals surface area contributed by atoms with Crippen molar-refractivity contribution in [3.8, 4) is 0 Å². The molecule has 0 aliphatic rings. The Bertz CT molecular complexity index is 538. The van der Waals surface area contributed by atoms with Gasteiger partial charge in [0.15, 0.2) is 0 Å². The van der Waals surface area contributed by atoms with Crippen molar-refractivity contribution in [3.63, 3.8) is 0 Å². The van der Waals surface area contributed by atoms with Gasteiger partial charge < -0.3 is 5.32 Å². The van der Waals surface area contributed by atoms with Gasteiger partial charge in [-0.25, -0.2) is 5.48 Å². The lowest BCUT2D eigenvalue weighted by Crippen LogP contribution is -2.26. The molecule has 1 unspecified atom stereocenters.